The smallest absolute Gasteiger partial charge is 0.367 e. The summed E-state index contributed by atoms with van der Waals surface area (Å²) in [5, 5.41) is 6.72. The van der Waals surface area contributed by atoms with E-state index in [9.17, 15) is 13.2 Å². The van der Waals surface area contributed by atoms with Crippen LogP contribution < -0.4 is 10.6 Å². The van der Waals surface area contributed by atoms with Crippen LogP contribution in [0.4, 0.5) is 13.2 Å². The van der Waals surface area contributed by atoms with Gasteiger partial charge in [-0.05, 0) is 24.0 Å². The van der Waals surface area contributed by atoms with Crippen molar-refractivity contribution >= 4 is 29.9 Å². The van der Waals surface area contributed by atoms with Crippen molar-refractivity contribution in [2.45, 2.75) is 57.5 Å². The van der Waals surface area contributed by atoms with E-state index in [-0.39, 0.29) is 30.6 Å². The van der Waals surface area contributed by atoms with E-state index in [1.165, 1.54) is 32.1 Å². The average molecular weight is 485 g/mol. The van der Waals surface area contributed by atoms with E-state index in [0.29, 0.717) is 12.6 Å². The SMILES string of the molecule is CN=C(NCc1ccc(COCC(F)(F)F)cc1)NC1CCCCC1.I. The molecule has 1 aliphatic carbocycles. The van der Waals surface area contributed by atoms with Gasteiger partial charge in [0.15, 0.2) is 5.96 Å². The second-order valence-corrected chi connectivity index (χ2v) is 6.33. The molecular formula is C18H27F3IN3O. The van der Waals surface area contributed by atoms with Crippen molar-refractivity contribution < 1.29 is 17.9 Å². The number of rotatable bonds is 6. The Hall–Kier alpha value is -1.03. The summed E-state index contributed by atoms with van der Waals surface area (Å²) in [7, 11) is 1.75. The molecule has 0 amide bonds. The van der Waals surface area contributed by atoms with Gasteiger partial charge in [-0.3, -0.25) is 4.99 Å². The first-order valence-electron chi connectivity index (χ1n) is 8.66. The molecule has 1 aromatic carbocycles. The van der Waals surface area contributed by atoms with Gasteiger partial charge in [-0.25, -0.2) is 0 Å². The molecule has 0 atom stereocenters. The molecule has 1 saturated carbocycles. The normalized spacial score (nSPS) is 16.1. The fourth-order valence-corrected chi connectivity index (χ4v) is 2.86. The molecule has 1 aromatic rings. The van der Waals surface area contributed by atoms with Crippen molar-refractivity contribution in [3.63, 3.8) is 0 Å². The largest absolute Gasteiger partial charge is 0.411 e. The van der Waals surface area contributed by atoms with Crippen molar-refractivity contribution in [3.05, 3.63) is 35.4 Å². The molecule has 2 rings (SSSR count). The molecule has 1 fully saturated rings. The van der Waals surface area contributed by atoms with E-state index in [1.54, 1.807) is 19.2 Å². The van der Waals surface area contributed by atoms with Crippen LogP contribution in [0.1, 0.15) is 43.2 Å². The third kappa shape index (κ3) is 9.07. The summed E-state index contributed by atoms with van der Waals surface area (Å²) in [6.45, 7) is -0.659. The minimum absolute atomic E-state index is 0. The van der Waals surface area contributed by atoms with Crippen LogP contribution in [0.3, 0.4) is 0 Å². The van der Waals surface area contributed by atoms with E-state index in [4.69, 9.17) is 0 Å². The fraction of sp³-hybridized carbons (Fsp3) is 0.611. The van der Waals surface area contributed by atoms with Gasteiger partial charge in [0.2, 0.25) is 0 Å². The Morgan fingerprint density at radius 3 is 2.31 bits per heavy atom. The van der Waals surface area contributed by atoms with Gasteiger partial charge in [-0.2, -0.15) is 13.2 Å². The molecule has 0 aromatic heterocycles. The highest BCUT2D eigenvalue weighted by molar-refractivity contribution is 14.0. The Balaban J connectivity index is 0.00000338. The van der Waals surface area contributed by atoms with Gasteiger partial charge < -0.3 is 15.4 Å². The highest BCUT2D eigenvalue weighted by Crippen LogP contribution is 2.17. The van der Waals surface area contributed by atoms with E-state index >= 15 is 0 Å². The molecule has 8 heteroatoms. The van der Waals surface area contributed by atoms with Gasteiger partial charge >= 0.3 is 6.18 Å². The first-order valence-corrected chi connectivity index (χ1v) is 8.66. The Kier molecular flexibility index (Phi) is 10.3. The van der Waals surface area contributed by atoms with E-state index < -0.39 is 12.8 Å². The van der Waals surface area contributed by atoms with E-state index in [2.05, 4.69) is 20.4 Å². The van der Waals surface area contributed by atoms with E-state index in [0.717, 1.165) is 17.1 Å². The molecule has 2 N–H and O–H groups in total. The molecule has 1 aliphatic rings. The van der Waals surface area contributed by atoms with Crippen LogP contribution in [0.15, 0.2) is 29.3 Å². The maximum atomic E-state index is 12.0. The van der Waals surface area contributed by atoms with Crippen LogP contribution in [-0.2, 0) is 17.9 Å². The lowest BCUT2D eigenvalue weighted by atomic mass is 9.96. The summed E-state index contributed by atoms with van der Waals surface area (Å²) < 4.78 is 40.8. The predicted molar refractivity (Wildman–Crippen MR) is 108 cm³/mol. The second kappa shape index (κ2) is 11.6. The molecule has 0 spiro atoms. The van der Waals surface area contributed by atoms with Crippen LogP contribution in [0.5, 0.6) is 0 Å². The highest BCUT2D eigenvalue weighted by Gasteiger charge is 2.27. The first-order chi connectivity index (χ1) is 12.0. The van der Waals surface area contributed by atoms with Crippen LogP contribution in [0, 0.1) is 0 Å². The summed E-state index contributed by atoms with van der Waals surface area (Å²) >= 11 is 0. The number of nitrogens with one attached hydrogen (secondary N) is 2. The number of benzene rings is 1. The zero-order valence-corrected chi connectivity index (χ0v) is 17.3. The summed E-state index contributed by atoms with van der Waals surface area (Å²) in [5.41, 5.74) is 1.75. The standard InChI is InChI=1S/C18H26F3N3O.HI/c1-22-17(24-16-5-3-2-4-6-16)23-11-14-7-9-15(10-8-14)12-25-13-18(19,20)21;/h7-10,16H,2-6,11-13H2,1H3,(H2,22,23,24);1H. The van der Waals surface area contributed by atoms with Crippen LogP contribution in [0.2, 0.25) is 0 Å². The Bertz CT molecular complexity index is 544. The van der Waals surface area contributed by atoms with Crippen molar-refractivity contribution in [3.8, 4) is 0 Å². The van der Waals surface area contributed by atoms with Gasteiger partial charge in [0.25, 0.3) is 0 Å². The van der Waals surface area contributed by atoms with Crippen molar-refractivity contribution in [2.24, 2.45) is 4.99 Å². The van der Waals surface area contributed by atoms with Crippen LogP contribution >= 0.6 is 24.0 Å². The number of alkyl halides is 3. The van der Waals surface area contributed by atoms with E-state index in [1.807, 2.05) is 12.1 Å². The monoisotopic (exact) mass is 485 g/mol. The fourth-order valence-electron chi connectivity index (χ4n) is 2.86. The quantitative estimate of drug-likeness (QED) is 0.357. The minimum Gasteiger partial charge on any atom is -0.367 e. The Morgan fingerprint density at radius 2 is 1.73 bits per heavy atom. The molecule has 0 saturated heterocycles. The number of ether oxygens (including phenoxy) is 1. The predicted octanol–water partition coefficient (Wildman–Crippen LogP) is 4.38. The number of guanidine groups is 1. The van der Waals surface area contributed by atoms with Crippen molar-refractivity contribution in [1.29, 1.82) is 0 Å². The molecular weight excluding hydrogens is 458 g/mol. The Morgan fingerprint density at radius 1 is 1.12 bits per heavy atom. The zero-order chi connectivity index (χ0) is 18.1. The van der Waals surface area contributed by atoms with Crippen molar-refractivity contribution in [1.82, 2.24) is 10.6 Å². The lowest BCUT2D eigenvalue weighted by Crippen LogP contribution is -2.43. The number of halogens is 4. The third-order valence-electron chi connectivity index (χ3n) is 4.19. The molecule has 0 bridgehead atoms. The molecule has 4 nitrogen and oxygen atoms in total. The second-order valence-electron chi connectivity index (χ2n) is 6.33. The lowest BCUT2D eigenvalue weighted by Gasteiger charge is -2.24. The molecule has 0 aliphatic heterocycles. The highest BCUT2D eigenvalue weighted by atomic mass is 127. The average Bonchev–Trinajstić information content (AvgIpc) is 2.59. The first kappa shape index (κ1) is 23.0. The number of hydrogen-bond acceptors (Lipinski definition) is 2. The molecule has 0 heterocycles. The topological polar surface area (TPSA) is 45.7 Å². The van der Waals surface area contributed by atoms with Crippen LogP contribution in [0.25, 0.3) is 0 Å². The third-order valence-corrected chi connectivity index (χ3v) is 4.19. The maximum Gasteiger partial charge on any atom is 0.411 e. The van der Waals surface area contributed by atoms with Crippen LogP contribution in [-0.4, -0.2) is 31.8 Å². The summed E-state index contributed by atoms with van der Waals surface area (Å²) in [6, 6.07) is 7.81. The van der Waals surface area contributed by atoms with Crippen molar-refractivity contribution in [2.75, 3.05) is 13.7 Å². The van der Waals surface area contributed by atoms with Gasteiger partial charge in [0, 0.05) is 19.6 Å². The summed E-state index contributed by atoms with van der Waals surface area (Å²) in [5.74, 6) is 0.782. The number of aliphatic imine (C=N–C) groups is 1. The van der Waals surface area contributed by atoms with Gasteiger partial charge in [0.1, 0.15) is 6.61 Å². The number of hydrogen-bond donors (Lipinski definition) is 2. The zero-order valence-electron chi connectivity index (χ0n) is 14.9. The maximum absolute atomic E-state index is 12.0. The van der Waals surface area contributed by atoms with Gasteiger partial charge in [-0.1, -0.05) is 43.5 Å². The van der Waals surface area contributed by atoms with Gasteiger partial charge in [0.05, 0.1) is 6.61 Å². The number of nitrogens with zero attached hydrogens (tertiary/aromatic N) is 1. The molecule has 148 valence electrons. The lowest BCUT2D eigenvalue weighted by molar-refractivity contribution is -0.176. The Labute approximate surface area is 170 Å². The summed E-state index contributed by atoms with van der Waals surface area (Å²) in [4.78, 5) is 4.25. The molecule has 26 heavy (non-hydrogen) atoms. The van der Waals surface area contributed by atoms with Gasteiger partial charge in [-0.15, -0.1) is 24.0 Å². The summed E-state index contributed by atoms with van der Waals surface area (Å²) in [6.07, 6.45) is 1.88. The minimum atomic E-state index is -4.29. The molecule has 0 radical (unpaired) electrons. The molecule has 0 unspecified atom stereocenters.